The average Bonchev–Trinajstić information content (AvgIpc) is 2.85. The summed E-state index contributed by atoms with van der Waals surface area (Å²) in [4.78, 5) is 4.36. The molecule has 1 aromatic heterocycles. The molecular formula is C15H20N2OS. The fourth-order valence-corrected chi connectivity index (χ4v) is 2.46. The number of nitrogens with zero attached hydrogens (tertiary/aromatic N) is 1. The minimum absolute atomic E-state index is 0.636. The monoisotopic (exact) mass is 276 g/mol. The molecule has 0 fully saturated rings. The molecule has 0 bridgehead atoms. The number of hydrogen-bond donors (Lipinski definition) is 1. The van der Waals surface area contributed by atoms with Crippen LogP contribution in [0.25, 0.3) is 0 Å². The number of aromatic nitrogens is 1. The summed E-state index contributed by atoms with van der Waals surface area (Å²) < 4.78 is 5.59. The van der Waals surface area contributed by atoms with Crippen LogP contribution in [0.3, 0.4) is 0 Å². The molecule has 0 unspecified atom stereocenters. The van der Waals surface area contributed by atoms with Crippen molar-refractivity contribution in [2.45, 2.75) is 26.5 Å². The van der Waals surface area contributed by atoms with Crippen LogP contribution >= 0.6 is 11.3 Å². The molecule has 0 saturated heterocycles. The average molecular weight is 276 g/mol. The molecule has 19 heavy (non-hydrogen) atoms. The van der Waals surface area contributed by atoms with Crippen molar-refractivity contribution in [2.75, 3.05) is 13.2 Å². The van der Waals surface area contributed by atoms with E-state index in [1.165, 1.54) is 5.56 Å². The van der Waals surface area contributed by atoms with E-state index in [2.05, 4.69) is 39.9 Å². The number of hydrogen-bond acceptors (Lipinski definition) is 4. The first kappa shape index (κ1) is 14.2. The highest BCUT2D eigenvalue weighted by molar-refractivity contribution is 7.09. The van der Waals surface area contributed by atoms with Gasteiger partial charge in [-0.1, -0.05) is 30.3 Å². The lowest BCUT2D eigenvalue weighted by atomic mass is 10.2. The highest BCUT2D eigenvalue weighted by Gasteiger charge is 1.98. The molecule has 0 saturated carbocycles. The Morgan fingerprint density at radius 3 is 2.84 bits per heavy atom. The van der Waals surface area contributed by atoms with Gasteiger partial charge >= 0.3 is 0 Å². The fourth-order valence-electron chi connectivity index (χ4n) is 1.76. The highest BCUT2D eigenvalue weighted by Crippen LogP contribution is 2.09. The van der Waals surface area contributed by atoms with Crippen LogP contribution in [0.4, 0.5) is 0 Å². The van der Waals surface area contributed by atoms with Crippen molar-refractivity contribution in [1.82, 2.24) is 10.3 Å². The zero-order chi connectivity index (χ0) is 13.3. The first-order chi connectivity index (χ1) is 9.34. The summed E-state index contributed by atoms with van der Waals surface area (Å²) in [5.41, 5.74) is 2.40. The van der Waals surface area contributed by atoms with Gasteiger partial charge in [0.15, 0.2) is 0 Å². The Morgan fingerprint density at radius 1 is 1.26 bits per heavy atom. The molecule has 3 nitrogen and oxygen atoms in total. The summed E-state index contributed by atoms with van der Waals surface area (Å²) in [5.74, 6) is 0. The van der Waals surface area contributed by atoms with Gasteiger partial charge in [0.05, 0.1) is 6.61 Å². The summed E-state index contributed by atoms with van der Waals surface area (Å²) in [6, 6.07) is 10.4. The minimum atomic E-state index is 0.636. The van der Waals surface area contributed by atoms with Crippen LogP contribution < -0.4 is 5.32 Å². The number of nitrogens with one attached hydrogen (secondary N) is 1. The van der Waals surface area contributed by atoms with Gasteiger partial charge < -0.3 is 10.1 Å². The minimum Gasteiger partial charge on any atom is -0.374 e. The molecular weight excluding hydrogens is 256 g/mol. The van der Waals surface area contributed by atoms with Gasteiger partial charge in [-0.15, -0.1) is 11.3 Å². The van der Waals surface area contributed by atoms with Crippen molar-refractivity contribution < 1.29 is 4.74 Å². The van der Waals surface area contributed by atoms with Crippen molar-refractivity contribution >= 4 is 11.3 Å². The summed E-state index contributed by atoms with van der Waals surface area (Å²) in [7, 11) is 0. The van der Waals surface area contributed by atoms with Crippen molar-refractivity contribution in [3.63, 3.8) is 0 Å². The van der Waals surface area contributed by atoms with Crippen LogP contribution in [0.15, 0.2) is 35.7 Å². The fraction of sp³-hybridized carbons (Fsp3) is 0.400. The molecule has 2 aromatic rings. The van der Waals surface area contributed by atoms with E-state index >= 15 is 0 Å². The molecule has 4 heteroatoms. The molecule has 0 radical (unpaired) electrons. The van der Waals surface area contributed by atoms with E-state index in [1.54, 1.807) is 11.3 Å². The van der Waals surface area contributed by atoms with E-state index in [-0.39, 0.29) is 0 Å². The zero-order valence-electron chi connectivity index (χ0n) is 11.3. The summed E-state index contributed by atoms with van der Waals surface area (Å²) in [5, 5.41) is 6.53. The lowest BCUT2D eigenvalue weighted by molar-refractivity contribution is 0.118. The largest absolute Gasteiger partial charge is 0.374 e. The molecule has 0 aliphatic carbocycles. The maximum atomic E-state index is 5.59. The Balaban J connectivity index is 1.48. The second kappa shape index (κ2) is 8.04. The zero-order valence-corrected chi connectivity index (χ0v) is 12.1. The Hall–Kier alpha value is -1.23. The van der Waals surface area contributed by atoms with Crippen molar-refractivity contribution in [3.05, 3.63) is 52.0 Å². The van der Waals surface area contributed by atoms with Gasteiger partial charge in [0.2, 0.25) is 0 Å². The molecule has 1 aromatic carbocycles. The predicted molar refractivity (Wildman–Crippen MR) is 79.3 cm³/mol. The normalized spacial score (nSPS) is 10.8. The number of aryl methyl sites for hydroxylation is 1. The van der Waals surface area contributed by atoms with E-state index in [9.17, 15) is 0 Å². The Morgan fingerprint density at radius 2 is 2.11 bits per heavy atom. The van der Waals surface area contributed by atoms with E-state index < -0.39 is 0 Å². The van der Waals surface area contributed by atoms with Crippen LogP contribution in [0, 0.1) is 6.92 Å². The van der Waals surface area contributed by atoms with Crippen LogP contribution in [0.1, 0.15) is 22.7 Å². The number of ether oxygens (including phenoxy) is 1. The quantitative estimate of drug-likeness (QED) is 0.752. The van der Waals surface area contributed by atoms with Gasteiger partial charge in [0.1, 0.15) is 5.01 Å². The van der Waals surface area contributed by atoms with Gasteiger partial charge in [-0.05, 0) is 25.5 Å². The Labute approximate surface area is 118 Å². The highest BCUT2D eigenvalue weighted by atomic mass is 32.1. The standard InChI is InChI=1S/C15H20N2OS/c1-13-12-19-15(17-13)11-18-9-5-8-16-10-14-6-3-2-4-7-14/h2-4,6-7,12,16H,5,8-11H2,1H3. The third kappa shape index (κ3) is 5.51. The molecule has 0 spiro atoms. The first-order valence-electron chi connectivity index (χ1n) is 6.58. The number of benzene rings is 1. The topological polar surface area (TPSA) is 34.1 Å². The molecule has 0 amide bonds. The smallest absolute Gasteiger partial charge is 0.119 e. The molecule has 102 valence electrons. The predicted octanol–water partition coefficient (Wildman–Crippen LogP) is 3.15. The van der Waals surface area contributed by atoms with Crippen LogP contribution in [-0.2, 0) is 17.9 Å². The third-order valence-electron chi connectivity index (χ3n) is 2.71. The number of thiazole rings is 1. The Kier molecular flexibility index (Phi) is 6.01. The van der Waals surface area contributed by atoms with E-state index in [0.717, 1.165) is 36.8 Å². The van der Waals surface area contributed by atoms with Crippen molar-refractivity contribution in [2.24, 2.45) is 0 Å². The van der Waals surface area contributed by atoms with Crippen molar-refractivity contribution in [1.29, 1.82) is 0 Å². The maximum Gasteiger partial charge on any atom is 0.119 e. The van der Waals surface area contributed by atoms with Gasteiger partial charge in [-0.3, -0.25) is 0 Å². The summed E-state index contributed by atoms with van der Waals surface area (Å²) in [6.07, 6.45) is 1.02. The molecule has 0 aliphatic rings. The van der Waals surface area contributed by atoms with E-state index in [4.69, 9.17) is 4.74 Å². The van der Waals surface area contributed by atoms with Gasteiger partial charge in [0.25, 0.3) is 0 Å². The molecule has 1 heterocycles. The van der Waals surface area contributed by atoms with Gasteiger partial charge in [-0.25, -0.2) is 4.98 Å². The SMILES string of the molecule is Cc1csc(COCCCNCc2ccccc2)n1. The first-order valence-corrected chi connectivity index (χ1v) is 7.46. The van der Waals surface area contributed by atoms with Crippen molar-refractivity contribution in [3.8, 4) is 0 Å². The van der Waals surface area contributed by atoms with Crippen LogP contribution in [0.2, 0.25) is 0 Å². The van der Waals surface area contributed by atoms with E-state index in [1.807, 2.05) is 13.0 Å². The van der Waals surface area contributed by atoms with Gasteiger partial charge in [0, 0.05) is 24.2 Å². The van der Waals surface area contributed by atoms with Crippen LogP contribution in [0.5, 0.6) is 0 Å². The molecule has 0 aliphatic heterocycles. The Bertz CT molecular complexity index is 470. The third-order valence-corrected chi connectivity index (χ3v) is 3.65. The molecule has 0 atom stereocenters. The summed E-state index contributed by atoms with van der Waals surface area (Å²) in [6.45, 7) is 5.32. The lowest BCUT2D eigenvalue weighted by Crippen LogP contribution is -2.16. The number of rotatable bonds is 8. The molecule has 1 N–H and O–H groups in total. The second-order valence-electron chi connectivity index (χ2n) is 4.45. The molecule has 2 rings (SSSR count). The maximum absolute atomic E-state index is 5.59. The second-order valence-corrected chi connectivity index (χ2v) is 5.39. The lowest BCUT2D eigenvalue weighted by Gasteiger charge is -2.05. The summed E-state index contributed by atoms with van der Waals surface area (Å²) >= 11 is 1.66. The van der Waals surface area contributed by atoms with E-state index in [0.29, 0.717) is 6.61 Å². The van der Waals surface area contributed by atoms with Gasteiger partial charge in [-0.2, -0.15) is 0 Å². The van der Waals surface area contributed by atoms with Crippen LogP contribution in [-0.4, -0.2) is 18.1 Å².